The molecule has 0 aliphatic carbocycles. The van der Waals surface area contributed by atoms with Crippen molar-refractivity contribution in [3.8, 4) is 22.6 Å². The Morgan fingerprint density at radius 1 is 0.875 bits per heavy atom. The lowest BCUT2D eigenvalue weighted by molar-refractivity contribution is 0.0301. The van der Waals surface area contributed by atoms with Gasteiger partial charge in [0.25, 0.3) is 0 Å². The Labute approximate surface area is 230 Å². The van der Waals surface area contributed by atoms with Crippen LogP contribution in [0.15, 0.2) is 42.5 Å². The van der Waals surface area contributed by atoms with Crippen molar-refractivity contribution in [3.05, 3.63) is 53.6 Å². The number of rotatable bonds is 9. The Morgan fingerprint density at radius 3 is 2.15 bits per heavy atom. The van der Waals surface area contributed by atoms with Crippen LogP contribution in [-0.2, 0) is 17.6 Å². The minimum absolute atomic E-state index is 0.0986. The molecule has 0 spiro atoms. The average Bonchev–Trinajstić information content (AvgIpc) is 3.27. The standard InChI is InChI=1S/C28H31N5O7/c34-11-9-17-13-18(3-8-23(17)30-28(38)39)25-31-24(16-1-4-19(5-2-16)29-27(36)37)22(10-12-35)26(32-25)33-14-20-6-7-21(15-33)40-20/h1-5,8,13,20-21,29-30,34-35H,6-7,9-12,14-15H2,(H,36,37)(H,38,39). The van der Waals surface area contributed by atoms with Crippen LogP contribution in [0.5, 0.6) is 0 Å². The third-order valence-corrected chi connectivity index (χ3v) is 7.09. The lowest BCUT2D eigenvalue weighted by Crippen LogP contribution is -2.43. The summed E-state index contributed by atoms with van der Waals surface area (Å²) in [5.74, 6) is 1.10. The van der Waals surface area contributed by atoms with Crippen LogP contribution in [0.1, 0.15) is 24.0 Å². The van der Waals surface area contributed by atoms with Crippen LogP contribution in [-0.4, -0.2) is 81.1 Å². The predicted octanol–water partition coefficient (Wildman–Crippen LogP) is 3.43. The summed E-state index contributed by atoms with van der Waals surface area (Å²) >= 11 is 0. The van der Waals surface area contributed by atoms with Crippen LogP contribution in [0.3, 0.4) is 0 Å². The number of ether oxygens (including phenoxy) is 1. The van der Waals surface area contributed by atoms with Crippen LogP contribution in [0.4, 0.5) is 26.8 Å². The SMILES string of the molecule is O=C(O)Nc1ccc(-c2nc(-c3ccc(NC(=O)O)c(CCO)c3)nc(N3CC4CCC(C3)O4)c2CCO)cc1. The number of carbonyl (C=O) groups is 2. The van der Waals surface area contributed by atoms with E-state index in [2.05, 4.69) is 15.5 Å². The minimum Gasteiger partial charge on any atom is -0.465 e. The number of aliphatic hydroxyl groups excluding tert-OH is 2. The van der Waals surface area contributed by atoms with Crippen molar-refractivity contribution < 1.29 is 34.8 Å². The Kier molecular flexibility index (Phi) is 8.10. The fourth-order valence-corrected chi connectivity index (χ4v) is 5.36. The lowest BCUT2D eigenvalue weighted by atomic mass is 10.0. The highest BCUT2D eigenvalue weighted by Crippen LogP contribution is 2.37. The van der Waals surface area contributed by atoms with E-state index in [0.717, 1.165) is 24.0 Å². The summed E-state index contributed by atoms with van der Waals surface area (Å²) in [5.41, 5.74) is 4.11. The van der Waals surface area contributed by atoms with Crippen molar-refractivity contribution in [2.24, 2.45) is 0 Å². The second kappa shape index (κ2) is 11.9. The summed E-state index contributed by atoms with van der Waals surface area (Å²) in [4.78, 5) is 34.4. The van der Waals surface area contributed by atoms with Crippen molar-refractivity contribution in [2.75, 3.05) is 41.8 Å². The zero-order valence-electron chi connectivity index (χ0n) is 21.7. The zero-order valence-corrected chi connectivity index (χ0v) is 21.7. The molecule has 2 fully saturated rings. The van der Waals surface area contributed by atoms with E-state index >= 15 is 0 Å². The first-order chi connectivity index (χ1) is 19.3. The second-order valence-electron chi connectivity index (χ2n) is 9.82. The Bertz CT molecular complexity index is 1390. The first-order valence-electron chi connectivity index (χ1n) is 13.1. The number of benzene rings is 2. The van der Waals surface area contributed by atoms with E-state index in [4.69, 9.17) is 19.8 Å². The summed E-state index contributed by atoms with van der Waals surface area (Å²) in [5, 5.41) is 42.6. The zero-order chi connectivity index (χ0) is 28.2. The molecule has 2 unspecified atom stereocenters. The van der Waals surface area contributed by atoms with Gasteiger partial charge in [0.1, 0.15) is 5.82 Å². The van der Waals surface area contributed by atoms with Crippen molar-refractivity contribution in [3.63, 3.8) is 0 Å². The molecule has 12 nitrogen and oxygen atoms in total. The number of carboxylic acid groups (broad SMARTS) is 2. The van der Waals surface area contributed by atoms with Gasteiger partial charge in [-0.1, -0.05) is 12.1 Å². The number of aromatic nitrogens is 2. The van der Waals surface area contributed by atoms with Crippen LogP contribution in [0, 0.1) is 0 Å². The Balaban J connectivity index is 1.65. The topological polar surface area (TPSA) is 177 Å². The van der Waals surface area contributed by atoms with Gasteiger partial charge in [0, 0.05) is 60.8 Å². The number of nitrogens with one attached hydrogen (secondary N) is 2. The van der Waals surface area contributed by atoms with E-state index in [-0.39, 0.29) is 31.8 Å². The fraction of sp³-hybridized carbons (Fsp3) is 0.357. The molecule has 12 heteroatoms. The van der Waals surface area contributed by atoms with E-state index in [1.807, 2.05) is 0 Å². The molecule has 40 heavy (non-hydrogen) atoms. The third kappa shape index (κ3) is 5.98. The summed E-state index contributed by atoms with van der Waals surface area (Å²) < 4.78 is 6.04. The molecule has 2 saturated heterocycles. The average molecular weight is 550 g/mol. The van der Waals surface area contributed by atoms with Gasteiger partial charge in [0.05, 0.1) is 17.9 Å². The third-order valence-electron chi connectivity index (χ3n) is 7.09. The van der Waals surface area contributed by atoms with Crippen molar-refractivity contribution in [2.45, 2.75) is 37.9 Å². The van der Waals surface area contributed by atoms with Gasteiger partial charge in [0.2, 0.25) is 0 Å². The molecule has 2 atom stereocenters. The molecule has 0 saturated carbocycles. The Morgan fingerprint density at radius 2 is 1.52 bits per heavy atom. The van der Waals surface area contributed by atoms with Gasteiger partial charge in [-0.2, -0.15) is 0 Å². The molecule has 6 N–H and O–H groups in total. The first-order valence-corrected chi connectivity index (χ1v) is 13.1. The maximum atomic E-state index is 11.3. The second-order valence-corrected chi connectivity index (χ2v) is 9.82. The summed E-state index contributed by atoms with van der Waals surface area (Å²) in [6.45, 7) is 1.03. The summed E-state index contributed by atoms with van der Waals surface area (Å²) in [6.07, 6.45) is 0.318. The smallest absolute Gasteiger partial charge is 0.409 e. The fourth-order valence-electron chi connectivity index (χ4n) is 5.36. The minimum atomic E-state index is -1.20. The molecular formula is C28H31N5O7. The molecule has 3 aromatic rings. The molecule has 2 bridgehead atoms. The first kappa shape index (κ1) is 27.3. The van der Waals surface area contributed by atoms with Gasteiger partial charge in [-0.05, 0) is 55.2 Å². The van der Waals surface area contributed by atoms with Gasteiger partial charge < -0.3 is 30.1 Å². The summed E-state index contributed by atoms with van der Waals surface area (Å²) in [7, 11) is 0. The number of hydrogen-bond acceptors (Lipinski definition) is 8. The normalized spacial score (nSPS) is 18.0. The predicted molar refractivity (Wildman–Crippen MR) is 148 cm³/mol. The van der Waals surface area contributed by atoms with Crippen LogP contribution < -0.4 is 15.5 Å². The van der Waals surface area contributed by atoms with Gasteiger partial charge in [0.15, 0.2) is 5.82 Å². The molecule has 2 aliphatic heterocycles. The van der Waals surface area contributed by atoms with Crippen molar-refractivity contribution in [1.82, 2.24) is 9.97 Å². The van der Waals surface area contributed by atoms with E-state index < -0.39 is 12.2 Å². The van der Waals surface area contributed by atoms with Crippen molar-refractivity contribution >= 4 is 29.4 Å². The highest BCUT2D eigenvalue weighted by molar-refractivity contribution is 5.85. The highest BCUT2D eigenvalue weighted by Gasteiger charge is 2.35. The number of anilines is 3. The van der Waals surface area contributed by atoms with Gasteiger partial charge in [-0.25, -0.2) is 19.6 Å². The van der Waals surface area contributed by atoms with Crippen LogP contribution in [0.2, 0.25) is 0 Å². The monoisotopic (exact) mass is 549 g/mol. The number of fused-ring (bicyclic) bond motifs is 2. The number of aliphatic hydroxyl groups is 2. The number of hydrogen-bond donors (Lipinski definition) is 6. The number of amides is 2. The molecule has 2 amide bonds. The number of nitrogens with zero attached hydrogens (tertiary/aromatic N) is 3. The lowest BCUT2D eigenvalue weighted by Gasteiger charge is -2.34. The van der Waals surface area contributed by atoms with Crippen molar-refractivity contribution in [1.29, 1.82) is 0 Å². The van der Waals surface area contributed by atoms with E-state index in [0.29, 0.717) is 59.3 Å². The molecule has 1 aromatic heterocycles. The molecule has 2 aromatic carbocycles. The van der Waals surface area contributed by atoms with Gasteiger partial charge in [-0.15, -0.1) is 0 Å². The van der Waals surface area contributed by atoms with Gasteiger partial charge >= 0.3 is 12.2 Å². The van der Waals surface area contributed by atoms with E-state index in [9.17, 15) is 24.9 Å². The van der Waals surface area contributed by atoms with Crippen LogP contribution in [0.25, 0.3) is 22.6 Å². The Hall–Kier alpha value is -4.26. The summed E-state index contributed by atoms with van der Waals surface area (Å²) in [6, 6.07) is 11.9. The molecule has 210 valence electrons. The number of morpholine rings is 1. The van der Waals surface area contributed by atoms with E-state index in [1.165, 1.54) is 0 Å². The largest absolute Gasteiger partial charge is 0.465 e. The van der Waals surface area contributed by atoms with E-state index in [1.54, 1.807) is 42.5 Å². The molecule has 3 heterocycles. The maximum absolute atomic E-state index is 11.3. The molecule has 2 aliphatic rings. The maximum Gasteiger partial charge on any atom is 0.409 e. The highest BCUT2D eigenvalue weighted by atomic mass is 16.5. The molecular weight excluding hydrogens is 518 g/mol. The molecule has 0 radical (unpaired) electrons. The van der Waals surface area contributed by atoms with Crippen LogP contribution >= 0.6 is 0 Å². The molecule has 5 rings (SSSR count). The quantitative estimate of drug-likeness (QED) is 0.232. The van der Waals surface area contributed by atoms with Gasteiger partial charge in [-0.3, -0.25) is 10.6 Å².